The van der Waals surface area contributed by atoms with E-state index in [-0.39, 0.29) is 23.8 Å². The number of hydrogen-bond donors (Lipinski definition) is 0. The molecule has 0 aliphatic carbocycles. The van der Waals surface area contributed by atoms with Crippen LogP contribution >= 0.6 is 0 Å². The number of aromatic nitrogens is 2. The van der Waals surface area contributed by atoms with Crippen molar-refractivity contribution in [3.05, 3.63) is 47.8 Å². The Labute approximate surface area is 147 Å². The first kappa shape index (κ1) is 15.9. The molecule has 6 nitrogen and oxygen atoms in total. The summed E-state index contributed by atoms with van der Waals surface area (Å²) in [5, 5.41) is 4.23. The Bertz CT molecular complexity index is 828. The van der Waals surface area contributed by atoms with Crippen molar-refractivity contribution < 1.29 is 9.59 Å². The number of aryl methyl sites for hydroxylation is 1. The molecule has 0 bridgehead atoms. The number of carbonyl (C=O) groups excluding carboxylic acids is 2. The van der Waals surface area contributed by atoms with E-state index in [9.17, 15) is 9.59 Å². The highest BCUT2D eigenvalue weighted by molar-refractivity contribution is 5.98. The lowest BCUT2D eigenvalue weighted by Gasteiger charge is -2.39. The lowest BCUT2D eigenvalue weighted by molar-refractivity contribution is -0.140. The number of para-hydroxylation sites is 1. The van der Waals surface area contributed by atoms with Gasteiger partial charge in [-0.1, -0.05) is 18.2 Å². The second kappa shape index (κ2) is 6.02. The van der Waals surface area contributed by atoms with Crippen LogP contribution in [-0.4, -0.2) is 40.1 Å². The molecule has 0 saturated carbocycles. The molecule has 130 valence electrons. The van der Waals surface area contributed by atoms with Crippen molar-refractivity contribution in [2.24, 2.45) is 13.0 Å². The van der Waals surface area contributed by atoms with Crippen molar-refractivity contribution in [3.63, 3.8) is 0 Å². The fourth-order valence-electron chi connectivity index (χ4n) is 4.11. The number of likely N-dealkylation sites (tertiary alicyclic amines) is 1. The second-order valence-corrected chi connectivity index (χ2v) is 6.91. The quantitative estimate of drug-likeness (QED) is 0.840. The standard InChI is InChI=1S/C19H22N4O2/c1-21-12-14(11-20-21)18-15(7-8-17(24)22(18)2)19(25)23-10-9-13-5-3-4-6-16(13)23/h3-6,11-12,15,18H,7-10H2,1-2H3/t15-,18-/m1/s1. The van der Waals surface area contributed by atoms with E-state index < -0.39 is 0 Å². The Morgan fingerprint density at radius 1 is 1.20 bits per heavy atom. The van der Waals surface area contributed by atoms with Gasteiger partial charge in [0.05, 0.1) is 18.2 Å². The first-order chi connectivity index (χ1) is 12.1. The van der Waals surface area contributed by atoms with E-state index in [2.05, 4.69) is 11.2 Å². The first-order valence-electron chi connectivity index (χ1n) is 8.70. The van der Waals surface area contributed by atoms with Crippen molar-refractivity contribution in [1.82, 2.24) is 14.7 Å². The zero-order chi connectivity index (χ0) is 17.6. The topological polar surface area (TPSA) is 58.4 Å². The fourth-order valence-corrected chi connectivity index (χ4v) is 4.11. The van der Waals surface area contributed by atoms with Gasteiger partial charge in [-0.25, -0.2) is 0 Å². The minimum atomic E-state index is -0.254. The summed E-state index contributed by atoms with van der Waals surface area (Å²) in [6.45, 7) is 0.714. The maximum absolute atomic E-state index is 13.4. The van der Waals surface area contributed by atoms with Gasteiger partial charge in [-0.05, 0) is 24.5 Å². The van der Waals surface area contributed by atoms with Gasteiger partial charge in [-0.2, -0.15) is 5.10 Å². The third-order valence-electron chi connectivity index (χ3n) is 5.40. The molecule has 1 fully saturated rings. The fraction of sp³-hybridized carbons (Fsp3) is 0.421. The number of amides is 2. The minimum absolute atomic E-state index is 0.0831. The first-order valence-corrected chi connectivity index (χ1v) is 8.70. The molecule has 0 spiro atoms. The summed E-state index contributed by atoms with van der Waals surface area (Å²) in [6.07, 6.45) is 5.55. The smallest absolute Gasteiger partial charge is 0.232 e. The molecular formula is C19H22N4O2. The third-order valence-corrected chi connectivity index (χ3v) is 5.40. The molecule has 2 atom stereocenters. The predicted molar refractivity (Wildman–Crippen MR) is 93.9 cm³/mol. The number of rotatable bonds is 2. The van der Waals surface area contributed by atoms with E-state index in [4.69, 9.17) is 0 Å². The van der Waals surface area contributed by atoms with Gasteiger partial charge in [-0.3, -0.25) is 14.3 Å². The number of nitrogens with zero attached hydrogens (tertiary/aromatic N) is 4. The van der Waals surface area contributed by atoms with Crippen LogP contribution in [-0.2, 0) is 23.1 Å². The molecule has 2 aromatic rings. The molecule has 1 aromatic carbocycles. The van der Waals surface area contributed by atoms with Crippen LogP contribution < -0.4 is 4.90 Å². The van der Waals surface area contributed by atoms with E-state index >= 15 is 0 Å². The SMILES string of the molecule is CN1C(=O)CC[C@@H](C(=O)N2CCc3ccccc32)[C@H]1c1cnn(C)c1. The van der Waals surface area contributed by atoms with Crippen molar-refractivity contribution in [1.29, 1.82) is 0 Å². The Balaban J connectivity index is 1.67. The summed E-state index contributed by atoms with van der Waals surface area (Å²) in [4.78, 5) is 29.2. The average molecular weight is 338 g/mol. The van der Waals surface area contributed by atoms with E-state index in [0.29, 0.717) is 19.4 Å². The average Bonchev–Trinajstić information content (AvgIpc) is 3.23. The maximum atomic E-state index is 13.4. The second-order valence-electron chi connectivity index (χ2n) is 6.91. The monoisotopic (exact) mass is 338 g/mol. The van der Waals surface area contributed by atoms with Gasteiger partial charge in [0.25, 0.3) is 0 Å². The van der Waals surface area contributed by atoms with Crippen LogP contribution in [0.4, 0.5) is 5.69 Å². The number of carbonyl (C=O) groups is 2. The molecule has 25 heavy (non-hydrogen) atoms. The van der Waals surface area contributed by atoms with Gasteiger partial charge in [0.2, 0.25) is 11.8 Å². The van der Waals surface area contributed by atoms with Crippen LogP contribution in [0.15, 0.2) is 36.7 Å². The highest BCUT2D eigenvalue weighted by atomic mass is 16.2. The molecule has 4 rings (SSSR count). The molecule has 1 saturated heterocycles. The van der Waals surface area contributed by atoms with Gasteiger partial charge in [-0.15, -0.1) is 0 Å². The van der Waals surface area contributed by atoms with Crippen molar-refractivity contribution in [3.8, 4) is 0 Å². The highest BCUT2D eigenvalue weighted by Gasteiger charge is 2.42. The van der Waals surface area contributed by atoms with Gasteiger partial charge in [0.1, 0.15) is 0 Å². The van der Waals surface area contributed by atoms with Crippen LogP contribution in [0.25, 0.3) is 0 Å². The Hall–Kier alpha value is -2.63. The van der Waals surface area contributed by atoms with Gasteiger partial charge in [0, 0.05) is 44.5 Å². The van der Waals surface area contributed by atoms with E-state index in [0.717, 1.165) is 17.7 Å². The minimum Gasteiger partial charge on any atom is -0.338 e. The molecule has 0 radical (unpaired) electrons. The van der Waals surface area contributed by atoms with Gasteiger partial charge >= 0.3 is 0 Å². The lowest BCUT2D eigenvalue weighted by Crippen LogP contribution is -2.47. The Kier molecular flexibility index (Phi) is 3.82. The summed E-state index contributed by atoms with van der Waals surface area (Å²) < 4.78 is 1.72. The molecule has 2 amide bonds. The number of fused-ring (bicyclic) bond motifs is 1. The largest absolute Gasteiger partial charge is 0.338 e. The van der Waals surface area contributed by atoms with Crippen LogP contribution in [0.1, 0.15) is 30.0 Å². The van der Waals surface area contributed by atoms with Crippen LogP contribution in [0.2, 0.25) is 0 Å². The number of benzene rings is 1. The normalized spacial score (nSPS) is 23.0. The van der Waals surface area contributed by atoms with Crippen molar-refractivity contribution in [2.45, 2.75) is 25.3 Å². The molecule has 3 heterocycles. The Morgan fingerprint density at radius 2 is 2.00 bits per heavy atom. The molecule has 0 N–H and O–H groups in total. The summed E-state index contributed by atoms with van der Waals surface area (Å²) in [6, 6.07) is 7.82. The summed E-state index contributed by atoms with van der Waals surface area (Å²) >= 11 is 0. The number of hydrogen-bond acceptors (Lipinski definition) is 3. The zero-order valence-electron chi connectivity index (χ0n) is 14.6. The molecule has 2 aliphatic rings. The maximum Gasteiger partial charge on any atom is 0.232 e. The van der Waals surface area contributed by atoms with Gasteiger partial charge < -0.3 is 9.80 Å². The molecule has 6 heteroatoms. The zero-order valence-corrected chi connectivity index (χ0v) is 14.6. The lowest BCUT2D eigenvalue weighted by atomic mass is 9.84. The highest BCUT2D eigenvalue weighted by Crippen LogP contribution is 2.39. The molecular weight excluding hydrogens is 316 g/mol. The van der Waals surface area contributed by atoms with Crippen molar-refractivity contribution >= 4 is 17.5 Å². The third kappa shape index (κ3) is 2.62. The Morgan fingerprint density at radius 3 is 2.76 bits per heavy atom. The van der Waals surface area contributed by atoms with E-state index in [1.807, 2.05) is 36.3 Å². The summed E-state index contributed by atoms with van der Waals surface area (Å²) in [5.41, 5.74) is 3.15. The molecule has 2 aliphatic heterocycles. The molecule has 0 unspecified atom stereocenters. The summed E-state index contributed by atoms with van der Waals surface area (Å²) in [7, 11) is 3.64. The predicted octanol–water partition coefficient (Wildman–Crippen LogP) is 1.92. The van der Waals surface area contributed by atoms with E-state index in [1.54, 1.807) is 22.8 Å². The number of anilines is 1. The van der Waals surface area contributed by atoms with Crippen LogP contribution in [0, 0.1) is 5.92 Å². The van der Waals surface area contributed by atoms with Crippen LogP contribution in [0.5, 0.6) is 0 Å². The van der Waals surface area contributed by atoms with Crippen LogP contribution in [0.3, 0.4) is 0 Å². The van der Waals surface area contributed by atoms with E-state index in [1.165, 1.54) is 5.56 Å². The summed E-state index contributed by atoms with van der Waals surface area (Å²) in [5.74, 6) is -0.0454. The molecule has 1 aromatic heterocycles. The van der Waals surface area contributed by atoms with Crippen molar-refractivity contribution in [2.75, 3.05) is 18.5 Å². The number of piperidine rings is 1. The van der Waals surface area contributed by atoms with Gasteiger partial charge in [0.15, 0.2) is 0 Å².